The zero-order chi connectivity index (χ0) is 19.0. The number of hydrogen-bond donors (Lipinski definition) is 2. The number of nitrogens with zero attached hydrogens (tertiary/aromatic N) is 1. The molecule has 138 valence electrons. The van der Waals surface area contributed by atoms with E-state index in [1.807, 2.05) is 12.1 Å². The standard InChI is InChI=1S/C19H15F2N3O3/c1-26-4-5-27-11-2-3-14-10(6-11)7-17(22-14)18-19(25)24-16-9-13(21)12(20)8-15(16)23-18/h2-3,6-9,22H,4-5H2,1H3,(H,24,25). The number of methoxy groups -OCH3 is 1. The van der Waals surface area contributed by atoms with E-state index in [4.69, 9.17) is 9.47 Å². The number of rotatable bonds is 5. The van der Waals surface area contributed by atoms with Crippen LogP contribution in [0.5, 0.6) is 5.75 Å². The molecule has 4 aromatic rings. The van der Waals surface area contributed by atoms with Crippen molar-refractivity contribution in [1.29, 1.82) is 0 Å². The first-order chi connectivity index (χ1) is 13.0. The molecule has 0 unspecified atom stereocenters. The topological polar surface area (TPSA) is 80.0 Å². The van der Waals surface area contributed by atoms with Gasteiger partial charge in [0, 0.05) is 30.1 Å². The van der Waals surface area contributed by atoms with E-state index in [-0.39, 0.29) is 16.7 Å². The Labute approximate surface area is 151 Å². The fourth-order valence-electron chi connectivity index (χ4n) is 2.84. The van der Waals surface area contributed by atoms with E-state index in [0.29, 0.717) is 24.7 Å². The van der Waals surface area contributed by atoms with Gasteiger partial charge in [0.2, 0.25) is 0 Å². The van der Waals surface area contributed by atoms with Crippen molar-refractivity contribution in [3.05, 3.63) is 58.4 Å². The molecule has 27 heavy (non-hydrogen) atoms. The van der Waals surface area contributed by atoms with Crippen LogP contribution in [0.15, 0.2) is 41.2 Å². The van der Waals surface area contributed by atoms with Crippen molar-refractivity contribution in [1.82, 2.24) is 15.0 Å². The van der Waals surface area contributed by atoms with E-state index in [9.17, 15) is 13.6 Å². The average Bonchev–Trinajstić information content (AvgIpc) is 3.06. The largest absolute Gasteiger partial charge is 0.491 e. The van der Waals surface area contributed by atoms with Gasteiger partial charge >= 0.3 is 0 Å². The summed E-state index contributed by atoms with van der Waals surface area (Å²) in [4.78, 5) is 22.2. The van der Waals surface area contributed by atoms with E-state index in [1.165, 1.54) is 0 Å². The molecule has 2 heterocycles. The van der Waals surface area contributed by atoms with Crippen LogP contribution in [0.4, 0.5) is 8.78 Å². The molecule has 0 bridgehead atoms. The Morgan fingerprint density at radius 1 is 1.00 bits per heavy atom. The van der Waals surface area contributed by atoms with Crippen molar-refractivity contribution in [3.63, 3.8) is 0 Å². The second-order valence-corrected chi connectivity index (χ2v) is 5.97. The number of hydrogen-bond acceptors (Lipinski definition) is 4. The maximum Gasteiger partial charge on any atom is 0.276 e. The lowest BCUT2D eigenvalue weighted by molar-refractivity contribution is 0.146. The van der Waals surface area contributed by atoms with Crippen molar-refractivity contribution in [3.8, 4) is 17.1 Å². The first kappa shape index (κ1) is 17.2. The smallest absolute Gasteiger partial charge is 0.276 e. The fourth-order valence-corrected chi connectivity index (χ4v) is 2.84. The zero-order valence-electron chi connectivity index (χ0n) is 14.3. The van der Waals surface area contributed by atoms with Gasteiger partial charge < -0.3 is 19.4 Å². The Kier molecular flexibility index (Phi) is 4.33. The minimum atomic E-state index is -1.04. The number of ether oxygens (including phenoxy) is 2. The first-order valence-electron chi connectivity index (χ1n) is 8.19. The quantitative estimate of drug-likeness (QED) is 0.527. The monoisotopic (exact) mass is 371 g/mol. The molecule has 0 aliphatic rings. The highest BCUT2D eigenvalue weighted by atomic mass is 19.2. The van der Waals surface area contributed by atoms with Crippen LogP contribution in [0.25, 0.3) is 33.3 Å². The molecule has 4 rings (SSSR count). The van der Waals surface area contributed by atoms with Gasteiger partial charge in [-0.1, -0.05) is 0 Å². The maximum atomic E-state index is 13.5. The molecule has 0 radical (unpaired) electrons. The van der Waals surface area contributed by atoms with Crippen LogP contribution >= 0.6 is 0 Å². The number of benzene rings is 2. The molecule has 0 atom stereocenters. The minimum Gasteiger partial charge on any atom is -0.491 e. The van der Waals surface area contributed by atoms with E-state index >= 15 is 0 Å². The Bertz CT molecular complexity index is 1200. The van der Waals surface area contributed by atoms with Crippen molar-refractivity contribution in [2.45, 2.75) is 0 Å². The fraction of sp³-hybridized carbons (Fsp3) is 0.158. The van der Waals surface area contributed by atoms with Gasteiger partial charge in [0.25, 0.3) is 5.56 Å². The normalized spacial score (nSPS) is 11.4. The molecule has 0 aliphatic carbocycles. The number of fused-ring (bicyclic) bond motifs is 2. The van der Waals surface area contributed by atoms with Crippen LogP contribution in [0.1, 0.15) is 0 Å². The first-order valence-corrected chi connectivity index (χ1v) is 8.19. The number of H-pyrrole nitrogens is 2. The number of aromatic nitrogens is 3. The van der Waals surface area contributed by atoms with Gasteiger partial charge in [0.1, 0.15) is 12.4 Å². The lowest BCUT2D eigenvalue weighted by Crippen LogP contribution is -2.12. The van der Waals surface area contributed by atoms with Crippen LogP contribution in [0.3, 0.4) is 0 Å². The number of nitrogens with one attached hydrogen (secondary N) is 2. The van der Waals surface area contributed by atoms with Gasteiger partial charge in [0.15, 0.2) is 17.3 Å². The van der Waals surface area contributed by atoms with Crippen LogP contribution < -0.4 is 10.3 Å². The highest BCUT2D eigenvalue weighted by Crippen LogP contribution is 2.26. The summed E-state index contributed by atoms with van der Waals surface area (Å²) in [7, 11) is 1.60. The molecular formula is C19H15F2N3O3. The third kappa shape index (κ3) is 3.26. The van der Waals surface area contributed by atoms with Crippen LogP contribution in [0, 0.1) is 11.6 Å². The van der Waals surface area contributed by atoms with Crippen LogP contribution in [-0.4, -0.2) is 35.3 Å². The minimum absolute atomic E-state index is 0.0894. The summed E-state index contributed by atoms with van der Waals surface area (Å²) >= 11 is 0. The third-order valence-electron chi connectivity index (χ3n) is 4.14. The van der Waals surface area contributed by atoms with E-state index in [0.717, 1.165) is 23.0 Å². The lowest BCUT2D eigenvalue weighted by atomic mass is 10.2. The average molecular weight is 371 g/mol. The van der Waals surface area contributed by atoms with Crippen molar-refractivity contribution < 1.29 is 18.3 Å². The van der Waals surface area contributed by atoms with Crippen LogP contribution in [-0.2, 0) is 4.74 Å². The Balaban J connectivity index is 1.76. The molecular weight excluding hydrogens is 356 g/mol. The Hall–Kier alpha value is -3.26. The molecule has 2 aromatic carbocycles. The molecule has 0 spiro atoms. The number of aromatic amines is 2. The molecule has 0 amide bonds. The molecule has 0 fully saturated rings. The molecule has 0 saturated heterocycles. The molecule has 6 nitrogen and oxygen atoms in total. The summed E-state index contributed by atoms with van der Waals surface area (Å²) in [5.41, 5.74) is 1.13. The molecule has 2 N–H and O–H groups in total. The second-order valence-electron chi connectivity index (χ2n) is 5.97. The van der Waals surface area contributed by atoms with E-state index in [1.54, 1.807) is 19.2 Å². The Morgan fingerprint density at radius 2 is 1.81 bits per heavy atom. The van der Waals surface area contributed by atoms with Gasteiger partial charge in [-0.25, -0.2) is 13.8 Å². The van der Waals surface area contributed by atoms with Gasteiger partial charge in [-0.15, -0.1) is 0 Å². The van der Waals surface area contributed by atoms with Gasteiger partial charge in [-0.3, -0.25) is 4.79 Å². The van der Waals surface area contributed by atoms with Gasteiger partial charge in [0.05, 0.1) is 23.3 Å². The predicted octanol–water partition coefficient (Wildman–Crippen LogP) is 3.37. The maximum absolute atomic E-state index is 13.5. The lowest BCUT2D eigenvalue weighted by Gasteiger charge is -2.04. The van der Waals surface area contributed by atoms with Crippen LogP contribution in [0.2, 0.25) is 0 Å². The highest BCUT2D eigenvalue weighted by Gasteiger charge is 2.13. The summed E-state index contributed by atoms with van der Waals surface area (Å²) in [6.45, 7) is 0.900. The summed E-state index contributed by atoms with van der Waals surface area (Å²) in [6, 6.07) is 9.07. The molecule has 0 saturated carbocycles. The Morgan fingerprint density at radius 3 is 2.63 bits per heavy atom. The summed E-state index contributed by atoms with van der Waals surface area (Å²) in [5.74, 6) is -1.40. The molecule has 0 aliphatic heterocycles. The van der Waals surface area contributed by atoms with Crippen molar-refractivity contribution in [2.24, 2.45) is 0 Å². The molecule has 8 heteroatoms. The SMILES string of the molecule is COCCOc1ccc2[nH]c(-c3nc4cc(F)c(F)cc4[nH]c3=O)cc2c1. The summed E-state index contributed by atoms with van der Waals surface area (Å²) < 4.78 is 37.4. The zero-order valence-corrected chi connectivity index (χ0v) is 14.3. The van der Waals surface area contributed by atoms with E-state index < -0.39 is 17.2 Å². The molecule has 2 aromatic heterocycles. The predicted molar refractivity (Wildman–Crippen MR) is 96.9 cm³/mol. The van der Waals surface area contributed by atoms with E-state index in [2.05, 4.69) is 15.0 Å². The van der Waals surface area contributed by atoms with Gasteiger partial charge in [-0.2, -0.15) is 0 Å². The summed E-state index contributed by atoms with van der Waals surface area (Å²) in [6.07, 6.45) is 0. The third-order valence-corrected chi connectivity index (χ3v) is 4.14. The van der Waals surface area contributed by atoms with Crippen molar-refractivity contribution in [2.75, 3.05) is 20.3 Å². The number of halogens is 2. The highest BCUT2D eigenvalue weighted by molar-refractivity contribution is 5.87. The second kappa shape index (κ2) is 6.81. The van der Waals surface area contributed by atoms with Crippen molar-refractivity contribution >= 4 is 21.9 Å². The summed E-state index contributed by atoms with van der Waals surface area (Å²) in [5, 5.41) is 0.825. The van der Waals surface area contributed by atoms with Gasteiger partial charge in [-0.05, 0) is 24.3 Å².